The first-order valence-electron chi connectivity index (χ1n) is 6.52. The normalized spacial score (nSPS) is 38.0. The summed E-state index contributed by atoms with van der Waals surface area (Å²) in [4.78, 5) is 0. The Balaban J connectivity index is 2.51. The maximum atomic E-state index is 6.57. The molecule has 0 aromatic heterocycles. The van der Waals surface area contributed by atoms with Crippen molar-refractivity contribution >= 4 is 0 Å². The molecule has 2 N–H and O–H groups in total. The summed E-state index contributed by atoms with van der Waals surface area (Å²) in [5.74, 6) is 1.58. The van der Waals surface area contributed by atoms with Crippen LogP contribution >= 0.6 is 0 Å². The van der Waals surface area contributed by atoms with Crippen LogP contribution in [0.5, 0.6) is 0 Å². The summed E-state index contributed by atoms with van der Waals surface area (Å²) in [5, 5.41) is 0. The molecule has 0 aromatic carbocycles. The highest BCUT2D eigenvalue weighted by Crippen LogP contribution is 2.39. The molecule has 1 aliphatic carbocycles. The molecule has 0 radical (unpaired) electrons. The van der Waals surface area contributed by atoms with Crippen molar-refractivity contribution < 1.29 is 0 Å². The Bertz CT molecular complexity index is 204. The lowest BCUT2D eigenvalue weighted by atomic mass is 9.67. The molecule has 0 heterocycles. The zero-order valence-electron chi connectivity index (χ0n) is 11.3. The maximum Gasteiger partial charge on any atom is 0.0180 e. The van der Waals surface area contributed by atoms with Crippen molar-refractivity contribution in [1.82, 2.24) is 0 Å². The van der Waals surface area contributed by atoms with Crippen LogP contribution in [0, 0.1) is 17.3 Å². The quantitative estimate of drug-likeness (QED) is 0.735. The molecule has 1 heteroatoms. The Morgan fingerprint density at radius 3 is 2.33 bits per heavy atom. The van der Waals surface area contributed by atoms with Crippen LogP contribution < -0.4 is 5.73 Å². The molecule has 0 amide bonds. The van der Waals surface area contributed by atoms with Crippen molar-refractivity contribution in [3.05, 3.63) is 0 Å². The van der Waals surface area contributed by atoms with Crippen LogP contribution in [0.4, 0.5) is 0 Å². The molecule has 15 heavy (non-hydrogen) atoms. The molecule has 0 aromatic rings. The van der Waals surface area contributed by atoms with Crippen molar-refractivity contribution in [3.63, 3.8) is 0 Å². The molecule has 0 bridgehead atoms. The summed E-state index contributed by atoms with van der Waals surface area (Å²) >= 11 is 0. The smallest absolute Gasteiger partial charge is 0.0180 e. The van der Waals surface area contributed by atoms with E-state index in [0.717, 1.165) is 5.92 Å². The summed E-state index contributed by atoms with van der Waals surface area (Å²) in [5.41, 5.74) is 7.12. The van der Waals surface area contributed by atoms with Gasteiger partial charge in [-0.15, -0.1) is 0 Å². The van der Waals surface area contributed by atoms with Gasteiger partial charge in [0, 0.05) is 5.54 Å². The van der Waals surface area contributed by atoms with E-state index in [2.05, 4.69) is 34.6 Å². The van der Waals surface area contributed by atoms with Gasteiger partial charge in [-0.05, 0) is 49.4 Å². The molecule has 90 valence electrons. The second-order valence-electron chi connectivity index (χ2n) is 7.07. The van der Waals surface area contributed by atoms with Gasteiger partial charge in [0.05, 0.1) is 0 Å². The predicted octanol–water partition coefficient (Wildman–Crippen LogP) is 3.97. The molecule has 1 rings (SSSR count). The van der Waals surface area contributed by atoms with Gasteiger partial charge in [0.15, 0.2) is 0 Å². The van der Waals surface area contributed by atoms with Crippen LogP contribution in [0.1, 0.15) is 66.7 Å². The third kappa shape index (κ3) is 3.79. The molecule has 1 nitrogen and oxygen atoms in total. The minimum absolute atomic E-state index is 0.125. The minimum Gasteiger partial charge on any atom is -0.325 e. The van der Waals surface area contributed by atoms with Crippen LogP contribution in [0.3, 0.4) is 0 Å². The SMILES string of the molecule is CC1CCC(N)(CCC(C)(C)C)C(C)C1. The molecule has 0 spiro atoms. The fourth-order valence-electron chi connectivity index (χ4n) is 2.70. The average Bonchev–Trinajstić information content (AvgIpc) is 2.08. The zero-order valence-corrected chi connectivity index (χ0v) is 11.3. The van der Waals surface area contributed by atoms with Crippen LogP contribution in [-0.4, -0.2) is 5.54 Å². The Morgan fingerprint density at radius 1 is 1.27 bits per heavy atom. The van der Waals surface area contributed by atoms with Gasteiger partial charge < -0.3 is 5.73 Å². The highest BCUT2D eigenvalue weighted by atomic mass is 14.8. The van der Waals surface area contributed by atoms with E-state index in [1.54, 1.807) is 0 Å². The van der Waals surface area contributed by atoms with Crippen molar-refractivity contribution in [2.75, 3.05) is 0 Å². The highest BCUT2D eigenvalue weighted by molar-refractivity contribution is 4.94. The topological polar surface area (TPSA) is 26.0 Å². The van der Waals surface area contributed by atoms with Gasteiger partial charge in [0.2, 0.25) is 0 Å². The molecular formula is C14H29N. The summed E-state index contributed by atoms with van der Waals surface area (Å²) in [7, 11) is 0. The van der Waals surface area contributed by atoms with E-state index in [1.807, 2.05) is 0 Å². The van der Waals surface area contributed by atoms with Gasteiger partial charge in [0.1, 0.15) is 0 Å². The first-order valence-corrected chi connectivity index (χ1v) is 6.52. The number of hydrogen-bond donors (Lipinski definition) is 1. The molecule has 3 unspecified atom stereocenters. The van der Waals surface area contributed by atoms with Gasteiger partial charge in [-0.1, -0.05) is 34.6 Å². The van der Waals surface area contributed by atoms with Crippen molar-refractivity contribution in [3.8, 4) is 0 Å². The summed E-state index contributed by atoms with van der Waals surface area (Å²) in [6, 6.07) is 0. The second kappa shape index (κ2) is 4.45. The number of rotatable bonds is 2. The van der Waals surface area contributed by atoms with Gasteiger partial charge in [0.25, 0.3) is 0 Å². The fraction of sp³-hybridized carbons (Fsp3) is 1.00. The molecule has 0 saturated heterocycles. The molecule has 3 atom stereocenters. The average molecular weight is 211 g/mol. The van der Waals surface area contributed by atoms with Crippen molar-refractivity contribution in [2.24, 2.45) is 23.0 Å². The Morgan fingerprint density at radius 2 is 1.87 bits per heavy atom. The van der Waals surface area contributed by atoms with E-state index in [0.29, 0.717) is 11.3 Å². The third-order valence-corrected chi connectivity index (χ3v) is 4.18. The van der Waals surface area contributed by atoms with Gasteiger partial charge in [-0.3, -0.25) is 0 Å². The van der Waals surface area contributed by atoms with Gasteiger partial charge in [-0.25, -0.2) is 0 Å². The minimum atomic E-state index is 0.125. The Kier molecular flexibility index (Phi) is 3.86. The van der Waals surface area contributed by atoms with Gasteiger partial charge >= 0.3 is 0 Å². The maximum absolute atomic E-state index is 6.57. The van der Waals surface area contributed by atoms with Crippen molar-refractivity contribution in [2.45, 2.75) is 72.3 Å². The van der Waals surface area contributed by atoms with E-state index in [9.17, 15) is 0 Å². The Labute approximate surface area is 95.8 Å². The fourth-order valence-corrected chi connectivity index (χ4v) is 2.70. The van der Waals surface area contributed by atoms with Crippen LogP contribution in [0.2, 0.25) is 0 Å². The summed E-state index contributed by atoms with van der Waals surface area (Å²) in [6.07, 6.45) is 6.32. The number of hydrogen-bond acceptors (Lipinski definition) is 1. The number of nitrogens with two attached hydrogens (primary N) is 1. The van der Waals surface area contributed by atoms with Gasteiger partial charge in [-0.2, -0.15) is 0 Å². The lowest BCUT2D eigenvalue weighted by Crippen LogP contribution is -2.49. The van der Waals surface area contributed by atoms with E-state index < -0.39 is 0 Å². The van der Waals surface area contributed by atoms with Crippen LogP contribution in [0.25, 0.3) is 0 Å². The summed E-state index contributed by atoms with van der Waals surface area (Å²) in [6.45, 7) is 11.6. The van der Waals surface area contributed by atoms with E-state index in [4.69, 9.17) is 5.73 Å². The van der Waals surface area contributed by atoms with Crippen LogP contribution in [0.15, 0.2) is 0 Å². The second-order valence-corrected chi connectivity index (χ2v) is 7.07. The third-order valence-electron chi connectivity index (χ3n) is 4.18. The molecule has 1 fully saturated rings. The zero-order chi connectivity index (χ0) is 11.7. The lowest BCUT2D eigenvalue weighted by Gasteiger charge is -2.43. The molecular weight excluding hydrogens is 182 g/mol. The lowest BCUT2D eigenvalue weighted by molar-refractivity contribution is 0.137. The van der Waals surface area contributed by atoms with Crippen molar-refractivity contribution in [1.29, 1.82) is 0 Å². The summed E-state index contributed by atoms with van der Waals surface area (Å²) < 4.78 is 0. The molecule has 1 aliphatic rings. The monoisotopic (exact) mass is 211 g/mol. The standard InChI is InChI=1S/C14H29N/c1-11-6-7-14(15,12(2)10-11)9-8-13(3,4)5/h11-12H,6-10,15H2,1-5H3. The van der Waals surface area contributed by atoms with E-state index in [1.165, 1.54) is 32.1 Å². The Hall–Kier alpha value is -0.0400. The van der Waals surface area contributed by atoms with E-state index in [-0.39, 0.29) is 5.54 Å². The molecule has 0 aliphatic heterocycles. The van der Waals surface area contributed by atoms with E-state index >= 15 is 0 Å². The predicted molar refractivity (Wildman–Crippen MR) is 67.8 cm³/mol. The first-order chi connectivity index (χ1) is 6.73. The van der Waals surface area contributed by atoms with Crippen LogP contribution in [-0.2, 0) is 0 Å². The first kappa shape index (κ1) is 13.0. The highest BCUT2D eigenvalue weighted by Gasteiger charge is 2.36. The largest absolute Gasteiger partial charge is 0.325 e. The molecule has 1 saturated carbocycles.